The Balaban J connectivity index is 1.45. The molecule has 2 aliphatic heterocycles. The van der Waals surface area contributed by atoms with Crippen LogP contribution in [-0.2, 0) is 20.8 Å². The standard InChI is InChI=1S/C25H28N4O5/c1-17(30)26-20-9-7-19(8-10-20)23(33)28-13-11-25(12-14-28)27-21(15-18-5-3-2-4-6-18)24(34)29(25)16-22(31)32/h2-10,21,27H,11-16H2,1H3,(H,26,30)(H,31,32). The van der Waals surface area contributed by atoms with Crippen LogP contribution in [0.2, 0.25) is 0 Å². The van der Waals surface area contributed by atoms with Crippen molar-refractivity contribution in [3.63, 3.8) is 0 Å². The van der Waals surface area contributed by atoms with Crippen LogP contribution in [0.15, 0.2) is 54.6 Å². The number of carboxylic acids is 1. The lowest BCUT2D eigenvalue weighted by Gasteiger charge is -2.44. The number of nitrogens with zero attached hydrogens (tertiary/aromatic N) is 2. The molecule has 178 valence electrons. The van der Waals surface area contributed by atoms with Crippen LogP contribution in [0.4, 0.5) is 5.69 Å². The number of aliphatic carboxylic acids is 1. The molecule has 34 heavy (non-hydrogen) atoms. The Labute approximate surface area is 197 Å². The fourth-order valence-electron chi connectivity index (χ4n) is 4.79. The molecule has 2 aromatic carbocycles. The minimum absolute atomic E-state index is 0.140. The number of piperidine rings is 1. The molecule has 2 heterocycles. The molecule has 1 atom stereocenters. The number of rotatable bonds is 6. The van der Waals surface area contributed by atoms with Gasteiger partial charge in [0.25, 0.3) is 5.91 Å². The molecule has 0 saturated carbocycles. The molecule has 2 fully saturated rings. The van der Waals surface area contributed by atoms with Gasteiger partial charge < -0.3 is 20.2 Å². The number of carbonyl (C=O) groups excluding carboxylic acids is 3. The van der Waals surface area contributed by atoms with Gasteiger partial charge in [-0.25, -0.2) is 0 Å². The Bertz CT molecular complexity index is 1080. The van der Waals surface area contributed by atoms with Gasteiger partial charge >= 0.3 is 5.97 Å². The first-order valence-corrected chi connectivity index (χ1v) is 11.3. The van der Waals surface area contributed by atoms with Crippen LogP contribution in [0.5, 0.6) is 0 Å². The lowest BCUT2D eigenvalue weighted by atomic mass is 9.95. The van der Waals surface area contributed by atoms with Gasteiger partial charge in [-0.2, -0.15) is 0 Å². The van der Waals surface area contributed by atoms with E-state index in [1.165, 1.54) is 11.8 Å². The molecule has 1 spiro atoms. The summed E-state index contributed by atoms with van der Waals surface area (Å²) in [5.41, 5.74) is 1.32. The lowest BCUT2D eigenvalue weighted by Crippen LogP contribution is -2.60. The molecule has 3 amide bonds. The number of anilines is 1. The molecule has 3 N–H and O–H groups in total. The van der Waals surface area contributed by atoms with Gasteiger partial charge in [-0.3, -0.25) is 24.5 Å². The number of benzene rings is 2. The molecule has 0 aliphatic carbocycles. The van der Waals surface area contributed by atoms with Crippen LogP contribution in [0.25, 0.3) is 0 Å². The third kappa shape index (κ3) is 4.94. The van der Waals surface area contributed by atoms with Gasteiger partial charge in [0, 0.05) is 44.1 Å². The molecule has 0 bridgehead atoms. The summed E-state index contributed by atoms with van der Waals surface area (Å²) < 4.78 is 0. The number of nitrogens with one attached hydrogen (secondary N) is 2. The summed E-state index contributed by atoms with van der Waals surface area (Å²) in [7, 11) is 0. The topological polar surface area (TPSA) is 119 Å². The summed E-state index contributed by atoms with van der Waals surface area (Å²) >= 11 is 0. The Morgan fingerprint density at radius 3 is 2.29 bits per heavy atom. The molecule has 1 unspecified atom stereocenters. The molecule has 0 radical (unpaired) electrons. The first kappa shape index (κ1) is 23.4. The highest BCUT2D eigenvalue weighted by atomic mass is 16.4. The second kappa shape index (κ2) is 9.64. The van der Waals surface area contributed by atoms with E-state index in [1.807, 2.05) is 30.3 Å². The fourth-order valence-corrected chi connectivity index (χ4v) is 4.79. The maximum Gasteiger partial charge on any atom is 0.323 e. The molecule has 9 heteroatoms. The molecule has 9 nitrogen and oxygen atoms in total. The summed E-state index contributed by atoms with van der Waals surface area (Å²) in [4.78, 5) is 52.0. The maximum absolute atomic E-state index is 13.2. The zero-order chi connectivity index (χ0) is 24.3. The number of amides is 3. The summed E-state index contributed by atoms with van der Waals surface area (Å²) in [6.45, 7) is 1.82. The maximum atomic E-state index is 13.2. The Kier molecular flexibility index (Phi) is 6.65. The minimum atomic E-state index is -1.06. The number of hydrogen-bond donors (Lipinski definition) is 3. The molecule has 4 rings (SSSR count). The smallest absolute Gasteiger partial charge is 0.323 e. The first-order chi connectivity index (χ1) is 16.3. The monoisotopic (exact) mass is 464 g/mol. The van der Waals surface area contributed by atoms with Crippen LogP contribution in [0, 0.1) is 0 Å². The quantitative estimate of drug-likeness (QED) is 0.599. The van der Waals surface area contributed by atoms with Crippen LogP contribution < -0.4 is 10.6 Å². The van der Waals surface area contributed by atoms with Crippen molar-refractivity contribution in [1.29, 1.82) is 0 Å². The predicted octanol–water partition coefficient (Wildman–Crippen LogP) is 1.70. The Morgan fingerprint density at radius 2 is 1.71 bits per heavy atom. The fraction of sp³-hybridized carbons (Fsp3) is 0.360. The SMILES string of the molecule is CC(=O)Nc1ccc(C(=O)N2CCC3(CC2)NC(Cc2ccccc2)C(=O)N3CC(=O)O)cc1. The zero-order valence-electron chi connectivity index (χ0n) is 19.0. The van der Waals surface area contributed by atoms with Crippen LogP contribution >= 0.6 is 0 Å². The van der Waals surface area contributed by atoms with Crippen molar-refractivity contribution in [2.75, 3.05) is 25.0 Å². The van der Waals surface area contributed by atoms with E-state index in [-0.39, 0.29) is 24.3 Å². The van der Waals surface area contributed by atoms with Crippen molar-refractivity contribution < 1.29 is 24.3 Å². The molecular formula is C25H28N4O5. The molecular weight excluding hydrogens is 436 g/mol. The Hall–Kier alpha value is -3.72. The van der Waals surface area contributed by atoms with Crippen LogP contribution in [0.3, 0.4) is 0 Å². The molecule has 0 aromatic heterocycles. The number of likely N-dealkylation sites (tertiary alicyclic amines) is 1. The first-order valence-electron chi connectivity index (χ1n) is 11.3. The van der Waals surface area contributed by atoms with E-state index in [9.17, 15) is 24.3 Å². The van der Waals surface area contributed by atoms with Gasteiger partial charge in [0.1, 0.15) is 6.54 Å². The average molecular weight is 465 g/mol. The lowest BCUT2D eigenvalue weighted by molar-refractivity contribution is -0.147. The number of carboxylic acid groups (broad SMARTS) is 1. The van der Waals surface area contributed by atoms with E-state index in [0.717, 1.165) is 5.56 Å². The van der Waals surface area contributed by atoms with Gasteiger partial charge in [-0.05, 0) is 36.2 Å². The molecule has 2 aliphatic rings. The number of carbonyl (C=O) groups is 4. The largest absolute Gasteiger partial charge is 0.480 e. The van der Waals surface area contributed by atoms with Crippen molar-refractivity contribution in [2.24, 2.45) is 0 Å². The van der Waals surface area contributed by atoms with Crippen molar-refractivity contribution in [3.8, 4) is 0 Å². The van der Waals surface area contributed by atoms with E-state index >= 15 is 0 Å². The van der Waals surface area contributed by atoms with Gasteiger partial charge in [0.15, 0.2) is 0 Å². The molecule has 2 aromatic rings. The second-order valence-electron chi connectivity index (χ2n) is 8.79. The highest BCUT2D eigenvalue weighted by molar-refractivity contribution is 5.95. The van der Waals surface area contributed by atoms with Gasteiger partial charge in [-0.1, -0.05) is 30.3 Å². The average Bonchev–Trinajstić information content (AvgIpc) is 3.05. The van der Waals surface area contributed by atoms with E-state index in [1.54, 1.807) is 29.2 Å². The van der Waals surface area contributed by atoms with Crippen molar-refractivity contribution >= 4 is 29.4 Å². The van der Waals surface area contributed by atoms with Gasteiger partial charge in [0.05, 0.1) is 11.7 Å². The third-order valence-electron chi connectivity index (χ3n) is 6.43. The zero-order valence-corrected chi connectivity index (χ0v) is 19.0. The minimum Gasteiger partial charge on any atom is -0.480 e. The highest BCUT2D eigenvalue weighted by Gasteiger charge is 2.52. The van der Waals surface area contributed by atoms with Gasteiger partial charge in [-0.15, -0.1) is 0 Å². The van der Waals surface area contributed by atoms with E-state index in [2.05, 4.69) is 10.6 Å². The van der Waals surface area contributed by atoms with Crippen molar-refractivity contribution in [1.82, 2.24) is 15.1 Å². The third-order valence-corrected chi connectivity index (χ3v) is 6.43. The van der Waals surface area contributed by atoms with E-state index in [0.29, 0.717) is 43.6 Å². The van der Waals surface area contributed by atoms with E-state index < -0.39 is 17.7 Å². The van der Waals surface area contributed by atoms with Gasteiger partial charge in [0.2, 0.25) is 11.8 Å². The predicted molar refractivity (Wildman–Crippen MR) is 125 cm³/mol. The highest BCUT2D eigenvalue weighted by Crippen LogP contribution is 2.33. The molecule has 2 saturated heterocycles. The summed E-state index contributed by atoms with van der Waals surface area (Å²) in [6.07, 6.45) is 1.35. The summed E-state index contributed by atoms with van der Waals surface area (Å²) in [6, 6.07) is 15.8. The normalized spacial score (nSPS) is 19.3. The second-order valence-corrected chi connectivity index (χ2v) is 8.79. The Morgan fingerprint density at radius 1 is 1.06 bits per heavy atom. The summed E-state index contributed by atoms with van der Waals surface area (Å²) in [5.74, 6) is -1.61. The van der Waals surface area contributed by atoms with E-state index in [4.69, 9.17) is 0 Å². The van der Waals surface area contributed by atoms with Crippen LogP contribution in [0.1, 0.15) is 35.7 Å². The van der Waals surface area contributed by atoms with Crippen molar-refractivity contribution in [2.45, 2.75) is 37.9 Å². The number of hydrogen-bond acceptors (Lipinski definition) is 5. The van der Waals surface area contributed by atoms with Crippen LogP contribution in [-0.4, -0.2) is 69.9 Å². The van der Waals surface area contributed by atoms with Crippen molar-refractivity contribution in [3.05, 3.63) is 65.7 Å². The summed E-state index contributed by atoms with van der Waals surface area (Å²) in [5, 5.41) is 15.5.